The van der Waals surface area contributed by atoms with Crippen molar-refractivity contribution in [3.8, 4) is 0 Å². The van der Waals surface area contributed by atoms with Crippen LogP contribution >= 0.6 is 22.6 Å². The zero-order valence-electron chi connectivity index (χ0n) is 10.0. The van der Waals surface area contributed by atoms with Crippen molar-refractivity contribution >= 4 is 22.6 Å². The zero-order valence-corrected chi connectivity index (χ0v) is 12.2. The Kier molecular flexibility index (Phi) is 4.66. The summed E-state index contributed by atoms with van der Waals surface area (Å²) in [6.45, 7) is 0. The van der Waals surface area contributed by atoms with E-state index in [1.807, 2.05) is 7.05 Å². The molecule has 1 atom stereocenters. The summed E-state index contributed by atoms with van der Waals surface area (Å²) in [4.78, 5) is 3.89. The third kappa shape index (κ3) is 3.49. The van der Waals surface area contributed by atoms with Gasteiger partial charge in [-0.2, -0.15) is 0 Å². The maximum Gasteiger partial charge on any atom is 0.141 e. The van der Waals surface area contributed by atoms with E-state index in [0.29, 0.717) is 0 Å². The summed E-state index contributed by atoms with van der Waals surface area (Å²) < 4.78 is 14.4. The Bertz CT molecular complexity index is 513. The summed E-state index contributed by atoms with van der Waals surface area (Å²) in [6, 6.07) is 9.95. The van der Waals surface area contributed by atoms with Crippen molar-refractivity contribution in [3.63, 3.8) is 0 Å². The van der Waals surface area contributed by atoms with Crippen LogP contribution < -0.4 is 5.32 Å². The number of pyridine rings is 1. The van der Waals surface area contributed by atoms with E-state index in [-0.39, 0.29) is 11.9 Å². The van der Waals surface area contributed by atoms with Gasteiger partial charge >= 0.3 is 0 Å². The lowest BCUT2D eigenvalue weighted by Crippen LogP contribution is -2.19. The topological polar surface area (TPSA) is 24.9 Å². The fraction of sp³-hybridized carbons (Fsp3) is 0.214. The Hall–Kier alpha value is -1.01. The predicted molar refractivity (Wildman–Crippen MR) is 78.9 cm³/mol. The van der Waals surface area contributed by atoms with Gasteiger partial charge in [-0.1, -0.05) is 12.1 Å². The van der Waals surface area contributed by atoms with Crippen molar-refractivity contribution < 1.29 is 4.39 Å². The normalized spacial score (nSPS) is 12.4. The molecule has 0 amide bonds. The Morgan fingerprint density at radius 2 is 2.00 bits per heavy atom. The minimum Gasteiger partial charge on any atom is -0.313 e. The van der Waals surface area contributed by atoms with Crippen LogP contribution in [0.25, 0.3) is 0 Å². The molecular formula is C14H14FIN2. The lowest BCUT2D eigenvalue weighted by molar-refractivity contribution is 0.572. The van der Waals surface area contributed by atoms with Gasteiger partial charge < -0.3 is 5.32 Å². The second-order valence-electron chi connectivity index (χ2n) is 4.11. The number of aromatic nitrogens is 1. The third-order valence-corrected chi connectivity index (χ3v) is 3.55. The van der Waals surface area contributed by atoms with Gasteiger partial charge in [-0.05, 0) is 65.4 Å². The van der Waals surface area contributed by atoms with Gasteiger partial charge in [0.05, 0.1) is 6.20 Å². The van der Waals surface area contributed by atoms with E-state index in [1.165, 1.54) is 21.4 Å². The monoisotopic (exact) mass is 356 g/mol. The molecule has 0 radical (unpaired) electrons. The molecule has 2 aromatic rings. The smallest absolute Gasteiger partial charge is 0.141 e. The van der Waals surface area contributed by atoms with Gasteiger partial charge in [-0.3, -0.25) is 4.98 Å². The number of benzene rings is 1. The van der Waals surface area contributed by atoms with Gasteiger partial charge in [0.1, 0.15) is 5.82 Å². The fourth-order valence-corrected chi connectivity index (χ4v) is 2.22. The molecule has 18 heavy (non-hydrogen) atoms. The molecule has 0 aliphatic rings. The first-order valence-corrected chi connectivity index (χ1v) is 6.79. The molecule has 1 N–H and O–H groups in total. The van der Waals surface area contributed by atoms with E-state index in [2.05, 4.69) is 57.2 Å². The molecule has 1 aromatic heterocycles. The first-order valence-electron chi connectivity index (χ1n) is 5.71. The largest absolute Gasteiger partial charge is 0.313 e. The van der Waals surface area contributed by atoms with Gasteiger partial charge in [0, 0.05) is 15.8 Å². The van der Waals surface area contributed by atoms with Crippen LogP contribution in [0.3, 0.4) is 0 Å². The number of hydrogen-bond acceptors (Lipinski definition) is 2. The van der Waals surface area contributed by atoms with Crippen LogP contribution in [0.4, 0.5) is 4.39 Å². The van der Waals surface area contributed by atoms with Crippen LogP contribution in [0.15, 0.2) is 42.7 Å². The van der Waals surface area contributed by atoms with Crippen LogP contribution in [0, 0.1) is 9.39 Å². The minimum absolute atomic E-state index is 0.0771. The Morgan fingerprint density at radius 3 is 2.61 bits per heavy atom. The number of likely N-dealkylation sites (N-methyl/N-ethyl adjacent to an activating group) is 1. The fourth-order valence-electron chi connectivity index (χ4n) is 1.86. The zero-order chi connectivity index (χ0) is 13.0. The molecule has 0 saturated carbocycles. The number of hydrogen-bond donors (Lipinski definition) is 1. The SMILES string of the molecule is CNC(Cc1ccc(I)cc1)c1cncc(F)c1. The van der Waals surface area contributed by atoms with Gasteiger partial charge in [-0.15, -0.1) is 0 Å². The predicted octanol–water partition coefficient (Wildman–Crippen LogP) is 3.33. The molecule has 1 unspecified atom stereocenters. The van der Waals surface area contributed by atoms with Crippen molar-refractivity contribution in [2.75, 3.05) is 7.05 Å². The molecule has 0 aliphatic heterocycles. The summed E-state index contributed by atoms with van der Waals surface area (Å²) in [7, 11) is 1.88. The van der Waals surface area contributed by atoms with Gasteiger partial charge in [0.2, 0.25) is 0 Å². The number of nitrogens with one attached hydrogen (secondary N) is 1. The van der Waals surface area contributed by atoms with Crippen molar-refractivity contribution in [1.29, 1.82) is 0 Å². The van der Waals surface area contributed by atoms with E-state index in [1.54, 1.807) is 6.20 Å². The summed E-state index contributed by atoms with van der Waals surface area (Å²) in [5.41, 5.74) is 2.09. The molecular weight excluding hydrogens is 342 g/mol. The maximum atomic E-state index is 13.2. The molecule has 0 bridgehead atoms. The Labute approximate surface area is 120 Å². The molecule has 0 spiro atoms. The van der Waals surface area contributed by atoms with Crippen molar-refractivity contribution in [3.05, 3.63) is 63.2 Å². The summed E-state index contributed by atoms with van der Waals surface area (Å²) in [5.74, 6) is -0.296. The van der Waals surface area contributed by atoms with E-state index in [9.17, 15) is 4.39 Å². The number of halogens is 2. The molecule has 2 nitrogen and oxygen atoms in total. The van der Waals surface area contributed by atoms with Crippen LogP contribution in [0.2, 0.25) is 0 Å². The Balaban J connectivity index is 2.17. The van der Waals surface area contributed by atoms with Crippen LogP contribution in [-0.4, -0.2) is 12.0 Å². The highest BCUT2D eigenvalue weighted by Crippen LogP contribution is 2.18. The molecule has 94 valence electrons. The quantitative estimate of drug-likeness (QED) is 0.851. The molecule has 4 heteroatoms. The second-order valence-corrected chi connectivity index (χ2v) is 5.35. The van der Waals surface area contributed by atoms with E-state index in [4.69, 9.17) is 0 Å². The van der Waals surface area contributed by atoms with E-state index < -0.39 is 0 Å². The molecule has 1 heterocycles. The van der Waals surface area contributed by atoms with Crippen LogP contribution in [-0.2, 0) is 6.42 Å². The average molecular weight is 356 g/mol. The third-order valence-electron chi connectivity index (χ3n) is 2.83. The average Bonchev–Trinajstić information content (AvgIpc) is 2.38. The molecule has 0 aliphatic carbocycles. The van der Waals surface area contributed by atoms with Crippen molar-refractivity contribution in [2.45, 2.75) is 12.5 Å². The Morgan fingerprint density at radius 1 is 1.28 bits per heavy atom. The van der Waals surface area contributed by atoms with Gasteiger partial charge in [-0.25, -0.2) is 4.39 Å². The van der Waals surface area contributed by atoms with Crippen molar-refractivity contribution in [2.24, 2.45) is 0 Å². The highest BCUT2D eigenvalue weighted by Gasteiger charge is 2.11. The van der Waals surface area contributed by atoms with E-state index >= 15 is 0 Å². The van der Waals surface area contributed by atoms with Crippen molar-refractivity contribution in [1.82, 2.24) is 10.3 Å². The van der Waals surface area contributed by atoms with Gasteiger partial charge in [0.25, 0.3) is 0 Å². The number of nitrogens with zero attached hydrogens (tertiary/aromatic N) is 1. The van der Waals surface area contributed by atoms with Crippen LogP contribution in [0.5, 0.6) is 0 Å². The van der Waals surface area contributed by atoms with Gasteiger partial charge in [0.15, 0.2) is 0 Å². The van der Waals surface area contributed by atoms with Crippen LogP contribution in [0.1, 0.15) is 17.2 Å². The highest BCUT2D eigenvalue weighted by molar-refractivity contribution is 14.1. The first-order chi connectivity index (χ1) is 8.69. The summed E-state index contributed by atoms with van der Waals surface area (Å²) in [5, 5.41) is 3.20. The molecule has 0 fully saturated rings. The highest BCUT2D eigenvalue weighted by atomic mass is 127. The molecule has 2 rings (SSSR count). The molecule has 1 aromatic carbocycles. The van der Waals surface area contributed by atoms with E-state index in [0.717, 1.165) is 12.0 Å². The lowest BCUT2D eigenvalue weighted by atomic mass is 10.0. The summed E-state index contributed by atoms with van der Waals surface area (Å²) in [6.07, 6.45) is 3.75. The second kappa shape index (κ2) is 6.24. The minimum atomic E-state index is -0.296. The number of rotatable bonds is 4. The molecule has 0 saturated heterocycles. The lowest BCUT2D eigenvalue weighted by Gasteiger charge is -2.16. The maximum absolute atomic E-state index is 13.2. The summed E-state index contributed by atoms with van der Waals surface area (Å²) >= 11 is 2.28. The standard InChI is InChI=1S/C14H14FIN2/c1-17-14(11-7-12(15)9-18-8-11)6-10-2-4-13(16)5-3-10/h2-5,7-9,14,17H,6H2,1H3. The first kappa shape index (κ1) is 13.4.